The number of halogens is 6. The molecule has 17 heteroatoms. The van der Waals surface area contributed by atoms with Gasteiger partial charge in [-0.05, 0) is 12.1 Å². The minimum absolute atomic E-state index is 0.00319. The van der Waals surface area contributed by atoms with Crippen molar-refractivity contribution in [2.45, 2.75) is 38.5 Å². The molecule has 0 saturated heterocycles. The Labute approximate surface area is 235 Å². The van der Waals surface area contributed by atoms with Crippen LogP contribution in [0.1, 0.15) is 37.6 Å². The van der Waals surface area contributed by atoms with Crippen LogP contribution in [0.5, 0.6) is 5.88 Å². The molecule has 2 N–H and O–H groups in total. The molecular weight excluding hydrogens is 594 g/mol. The Hall–Kier alpha value is -4.17. The average molecular weight is 619 g/mol. The van der Waals surface area contributed by atoms with Crippen LogP contribution in [0.3, 0.4) is 0 Å². The van der Waals surface area contributed by atoms with E-state index in [2.05, 4.69) is 26.1 Å². The zero-order valence-corrected chi connectivity index (χ0v) is 23.5. The van der Waals surface area contributed by atoms with E-state index in [0.717, 1.165) is 12.1 Å². The summed E-state index contributed by atoms with van der Waals surface area (Å²) >= 11 is 0. The van der Waals surface area contributed by atoms with Crippen LogP contribution >= 0.6 is 0 Å². The Bertz CT molecular complexity index is 1760. The number of pyridine rings is 1. The third-order valence-corrected chi connectivity index (χ3v) is 5.42. The molecule has 0 radical (unpaired) electrons. The molecule has 10 nitrogen and oxygen atoms in total. The van der Waals surface area contributed by atoms with Crippen molar-refractivity contribution in [2.24, 2.45) is 7.05 Å². The fraction of sp³-hybridized carbons (Fsp3) is 0.360. The predicted molar refractivity (Wildman–Crippen MR) is 139 cm³/mol. The van der Waals surface area contributed by atoms with E-state index in [9.17, 15) is 40.0 Å². The standard InChI is InChI=1S/C24H20F6N6O.CH4O3S/c1-22(2,3)19-13(10-31)18(36(4)35-19)20-32-16-9-15(12-7-5-6-8-14(12)24(28,29)30)33-21(17(16)34-20)37-11-23(25,26)27;1-5(2,3)4/h5-9H,11H2,1-4H3,(H,32,34);1H3,(H,2,3,4). The quantitative estimate of drug-likeness (QED) is 0.220. The number of aromatic amines is 1. The maximum Gasteiger partial charge on any atom is 0.422 e. The lowest BCUT2D eigenvalue weighted by atomic mass is 9.89. The highest BCUT2D eigenvalue weighted by molar-refractivity contribution is 7.85. The summed E-state index contributed by atoms with van der Waals surface area (Å²) in [6, 6.07) is 7.85. The lowest BCUT2D eigenvalue weighted by molar-refractivity contribution is -0.153. The van der Waals surface area contributed by atoms with Gasteiger partial charge in [-0.1, -0.05) is 39.0 Å². The predicted octanol–water partition coefficient (Wildman–Crippen LogP) is 5.66. The number of aryl methyl sites for hydroxylation is 1. The molecule has 0 aliphatic rings. The number of alkyl halides is 6. The number of aromatic nitrogens is 5. The van der Waals surface area contributed by atoms with Gasteiger partial charge in [-0.2, -0.15) is 45.1 Å². The summed E-state index contributed by atoms with van der Waals surface area (Å²) in [6.07, 6.45) is -8.75. The fourth-order valence-electron chi connectivity index (χ4n) is 3.87. The summed E-state index contributed by atoms with van der Waals surface area (Å²) in [5.41, 5.74) is -1.32. The summed E-state index contributed by atoms with van der Waals surface area (Å²) in [6.45, 7) is 3.85. The smallest absolute Gasteiger partial charge is 0.422 e. The van der Waals surface area contributed by atoms with Gasteiger partial charge in [0.05, 0.1) is 28.7 Å². The monoisotopic (exact) mass is 618 g/mol. The molecule has 1 aromatic carbocycles. The summed E-state index contributed by atoms with van der Waals surface area (Å²) in [7, 11) is -2.09. The summed E-state index contributed by atoms with van der Waals surface area (Å²) in [4.78, 5) is 11.2. The first-order chi connectivity index (χ1) is 19.1. The minimum atomic E-state index is -4.74. The number of nitrogens with one attached hydrogen (secondary N) is 1. The molecular formula is C25H24F6N6O4S. The molecule has 0 aliphatic heterocycles. The molecule has 0 atom stereocenters. The number of rotatable bonds is 4. The van der Waals surface area contributed by atoms with E-state index in [0.29, 0.717) is 11.9 Å². The molecule has 0 saturated carbocycles. The lowest BCUT2D eigenvalue weighted by Crippen LogP contribution is -2.20. The third-order valence-electron chi connectivity index (χ3n) is 5.42. The van der Waals surface area contributed by atoms with Crippen LogP contribution in [0.4, 0.5) is 26.3 Å². The Morgan fingerprint density at radius 1 is 1.10 bits per heavy atom. The molecule has 4 rings (SSSR count). The van der Waals surface area contributed by atoms with E-state index < -0.39 is 45.9 Å². The molecule has 3 heterocycles. The molecule has 3 aromatic heterocycles. The first-order valence-corrected chi connectivity index (χ1v) is 13.6. The number of nitrogens with zero attached hydrogens (tertiary/aromatic N) is 5. The number of H-pyrrole nitrogens is 1. The van der Waals surface area contributed by atoms with Crippen molar-refractivity contribution in [1.82, 2.24) is 24.7 Å². The van der Waals surface area contributed by atoms with Gasteiger partial charge >= 0.3 is 12.4 Å². The second-order valence-electron chi connectivity index (χ2n) is 10.0. The average Bonchev–Trinajstić information content (AvgIpc) is 3.40. The van der Waals surface area contributed by atoms with Gasteiger partial charge in [0.1, 0.15) is 22.8 Å². The summed E-state index contributed by atoms with van der Waals surface area (Å²) in [5.74, 6) is -0.519. The topological polar surface area (TPSA) is 147 Å². The van der Waals surface area contributed by atoms with Crippen molar-refractivity contribution in [3.63, 3.8) is 0 Å². The maximum absolute atomic E-state index is 13.6. The molecule has 0 amide bonds. The van der Waals surface area contributed by atoms with E-state index >= 15 is 0 Å². The largest absolute Gasteiger partial charge is 0.466 e. The van der Waals surface area contributed by atoms with Gasteiger partial charge in [0, 0.05) is 18.0 Å². The van der Waals surface area contributed by atoms with Crippen LogP contribution in [-0.2, 0) is 28.8 Å². The van der Waals surface area contributed by atoms with Gasteiger partial charge in [-0.15, -0.1) is 0 Å². The van der Waals surface area contributed by atoms with Crippen molar-refractivity contribution in [2.75, 3.05) is 12.9 Å². The number of ether oxygens (including phenoxy) is 1. The number of hydrogen-bond acceptors (Lipinski definition) is 7. The number of fused-ring (bicyclic) bond motifs is 1. The van der Waals surface area contributed by atoms with Crippen LogP contribution < -0.4 is 4.74 Å². The number of hydrogen-bond donors (Lipinski definition) is 2. The number of benzene rings is 1. The Morgan fingerprint density at radius 3 is 2.21 bits per heavy atom. The van der Waals surface area contributed by atoms with Crippen molar-refractivity contribution in [3.05, 3.63) is 47.2 Å². The normalized spacial score (nSPS) is 12.5. The van der Waals surface area contributed by atoms with Crippen LogP contribution in [0.2, 0.25) is 0 Å². The van der Waals surface area contributed by atoms with E-state index in [4.69, 9.17) is 9.29 Å². The SMILES string of the molecule is CS(=O)(=O)O.Cn1nc(C(C)(C)C)c(C#N)c1-c1nc2cc(-c3ccccc3C(F)(F)F)nc(OCC(F)(F)F)c2[nH]1. The molecule has 0 bridgehead atoms. The van der Waals surface area contributed by atoms with Gasteiger partial charge in [0.15, 0.2) is 12.4 Å². The maximum atomic E-state index is 13.6. The molecule has 42 heavy (non-hydrogen) atoms. The Kier molecular flexibility index (Phi) is 8.66. The first kappa shape index (κ1) is 32.3. The number of nitriles is 1. The van der Waals surface area contributed by atoms with Crippen molar-refractivity contribution < 1.29 is 44.0 Å². The van der Waals surface area contributed by atoms with Crippen molar-refractivity contribution >= 4 is 21.2 Å². The number of imidazole rings is 1. The van der Waals surface area contributed by atoms with Crippen LogP contribution in [-0.4, -0.2) is 56.7 Å². The summed E-state index contributed by atoms with van der Waals surface area (Å²) < 4.78 is 112. The highest BCUT2D eigenvalue weighted by Crippen LogP contribution is 2.39. The van der Waals surface area contributed by atoms with E-state index in [1.54, 1.807) is 7.05 Å². The zero-order chi connectivity index (χ0) is 31.8. The van der Waals surface area contributed by atoms with Crippen LogP contribution in [0.25, 0.3) is 33.8 Å². The fourth-order valence-corrected chi connectivity index (χ4v) is 3.87. The molecule has 226 valence electrons. The molecule has 0 fully saturated rings. The lowest BCUT2D eigenvalue weighted by Gasteiger charge is -2.15. The van der Waals surface area contributed by atoms with Crippen molar-refractivity contribution in [3.8, 4) is 34.7 Å². The van der Waals surface area contributed by atoms with Gasteiger partial charge in [-0.25, -0.2) is 9.97 Å². The first-order valence-electron chi connectivity index (χ1n) is 11.8. The molecule has 0 aliphatic carbocycles. The molecule has 0 unspecified atom stereocenters. The van der Waals surface area contributed by atoms with Gasteiger partial charge < -0.3 is 9.72 Å². The van der Waals surface area contributed by atoms with Crippen LogP contribution in [0, 0.1) is 11.3 Å². The third kappa shape index (κ3) is 7.76. The Balaban J connectivity index is 0.000000892. The van der Waals surface area contributed by atoms with Crippen LogP contribution in [0.15, 0.2) is 30.3 Å². The second kappa shape index (κ2) is 11.2. The second-order valence-corrected chi connectivity index (χ2v) is 11.5. The van der Waals surface area contributed by atoms with Gasteiger partial charge in [0.2, 0.25) is 5.88 Å². The zero-order valence-electron chi connectivity index (χ0n) is 22.7. The highest BCUT2D eigenvalue weighted by Gasteiger charge is 2.35. The van der Waals surface area contributed by atoms with E-state index in [1.807, 2.05) is 20.8 Å². The summed E-state index contributed by atoms with van der Waals surface area (Å²) in [5, 5.41) is 14.2. The van der Waals surface area contributed by atoms with E-state index in [1.165, 1.54) is 22.9 Å². The van der Waals surface area contributed by atoms with Gasteiger partial charge in [-0.3, -0.25) is 9.23 Å². The van der Waals surface area contributed by atoms with Gasteiger partial charge in [0.25, 0.3) is 10.1 Å². The van der Waals surface area contributed by atoms with Crippen molar-refractivity contribution in [1.29, 1.82) is 5.26 Å². The highest BCUT2D eigenvalue weighted by atomic mass is 32.2. The molecule has 4 aromatic rings. The Morgan fingerprint density at radius 2 is 1.69 bits per heavy atom. The minimum Gasteiger partial charge on any atom is -0.466 e. The van der Waals surface area contributed by atoms with E-state index in [-0.39, 0.29) is 39.4 Å². The molecule has 0 spiro atoms.